The Balaban J connectivity index is 0.000000201. The maximum absolute atomic E-state index is 13.3. The van der Waals surface area contributed by atoms with Crippen molar-refractivity contribution < 1.29 is 37.4 Å². The second-order valence-corrected chi connectivity index (χ2v) is 17.4. The Hall–Kier alpha value is -7.08. The van der Waals surface area contributed by atoms with Crippen LogP contribution >= 0.6 is 0 Å². The standard InChI is InChI=1S/C26H33FN6O3.C23H25FN4O3/c1-16(2)30-26(35)32-12-10-19(11-13-32)33-23-14-21(36-20-6-4-18(27)5-7-20)8-9-22(23)31-24(33)15-29-17(3)25(28)34;1-15(2)25-23(30)27-11-9-17(10-12-27)28-21-13-19(7-8-20(21)26-22(28)14-29)31-18-5-3-16(24)4-6-18/h4-9,14,16-17,19,29H,10-13,15H2,1-3H3,(H2,28,34)(H,30,35);3-8,13-15,17H,9-12H2,1-2H3,(H,25,30)/t17-;/m0./s1. The van der Waals surface area contributed by atoms with Gasteiger partial charge in [-0.2, -0.15) is 0 Å². The molecule has 354 valence electrons. The number of nitrogens with two attached hydrogens (primary N) is 1. The van der Waals surface area contributed by atoms with Crippen LogP contribution in [0.4, 0.5) is 18.4 Å². The number of carbonyl (C=O) groups excluding carboxylic acids is 4. The minimum Gasteiger partial charge on any atom is -0.457 e. The number of aromatic nitrogens is 4. The molecular formula is C49H58F2N10O6. The molecule has 2 aliphatic heterocycles. The lowest BCUT2D eigenvalue weighted by Gasteiger charge is -2.34. The van der Waals surface area contributed by atoms with Gasteiger partial charge < -0.3 is 44.8 Å². The minimum atomic E-state index is -0.503. The highest BCUT2D eigenvalue weighted by molar-refractivity contribution is 5.84. The van der Waals surface area contributed by atoms with Crippen molar-refractivity contribution in [2.24, 2.45) is 5.73 Å². The molecule has 4 aromatic carbocycles. The highest BCUT2D eigenvalue weighted by Crippen LogP contribution is 2.34. The van der Waals surface area contributed by atoms with Gasteiger partial charge in [0.2, 0.25) is 5.91 Å². The second kappa shape index (κ2) is 21.5. The number of hydrogen-bond donors (Lipinski definition) is 4. The van der Waals surface area contributed by atoms with Crippen molar-refractivity contribution in [3.63, 3.8) is 0 Å². The van der Waals surface area contributed by atoms with Crippen LogP contribution in [0.15, 0.2) is 84.9 Å². The molecule has 0 unspecified atom stereocenters. The smallest absolute Gasteiger partial charge is 0.317 e. The average molecular weight is 921 g/mol. The molecule has 8 rings (SSSR count). The van der Waals surface area contributed by atoms with E-state index in [1.165, 1.54) is 24.3 Å². The van der Waals surface area contributed by atoms with Gasteiger partial charge in [0.25, 0.3) is 0 Å². The van der Waals surface area contributed by atoms with E-state index in [4.69, 9.17) is 20.2 Å². The monoisotopic (exact) mass is 920 g/mol. The van der Waals surface area contributed by atoms with Crippen LogP contribution in [-0.2, 0) is 11.3 Å². The number of urea groups is 2. The van der Waals surface area contributed by atoms with Crippen molar-refractivity contribution in [2.75, 3.05) is 26.2 Å². The number of likely N-dealkylation sites (tertiary alicyclic amines) is 2. The van der Waals surface area contributed by atoms with Crippen LogP contribution in [0.3, 0.4) is 0 Å². The molecule has 5 amide bonds. The minimum absolute atomic E-state index is 0.0499. The summed E-state index contributed by atoms with van der Waals surface area (Å²) >= 11 is 0. The summed E-state index contributed by atoms with van der Waals surface area (Å²) in [4.78, 5) is 60.9. The van der Waals surface area contributed by atoms with Gasteiger partial charge in [0.15, 0.2) is 12.1 Å². The first-order valence-corrected chi connectivity index (χ1v) is 22.6. The number of fused-ring (bicyclic) bond motifs is 2. The van der Waals surface area contributed by atoms with Crippen LogP contribution in [0.5, 0.6) is 23.0 Å². The fraction of sp³-hybridized carbons (Fsp3) is 0.388. The molecule has 0 spiro atoms. The molecule has 2 aromatic heterocycles. The summed E-state index contributed by atoms with van der Waals surface area (Å²) in [6.07, 6.45) is 3.73. The van der Waals surface area contributed by atoms with Gasteiger partial charge in [-0.1, -0.05) is 0 Å². The number of rotatable bonds is 13. The molecule has 1 atom stereocenters. The first-order valence-electron chi connectivity index (χ1n) is 22.6. The van der Waals surface area contributed by atoms with Crippen LogP contribution < -0.4 is 31.2 Å². The lowest BCUT2D eigenvalue weighted by atomic mass is 10.0. The van der Waals surface area contributed by atoms with Crippen LogP contribution in [0.25, 0.3) is 22.1 Å². The molecule has 2 saturated heterocycles. The second-order valence-electron chi connectivity index (χ2n) is 17.4. The molecule has 0 saturated carbocycles. The summed E-state index contributed by atoms with van der Waals surface area (Å²) in [5, 5.41) is 9.02. The van der Waals surface area contributed by atoms with E-state index in [2.05, 4.69) is 25.5 Å². The number of nitrogens with zero attached hydrogens (tertiary/aromatic N) is 6. The van der Waals surface area contributed by atoms with Gasteiger partial charge in [-0.3, -0.25) is 14.9 Å². The van der Waals surface area contributed by atoms with Crippen molar-refractivity contribution in [3.05, 3.63) is 108 Å². The fourth-order valence-corrected chi connectivity index (χ4v) is 8.29. The van der Waals surface area contributed by atoms with E-state index in [1.54, 1.807) is 42.2 Å². The van der Waals surface area contributed by atoms with Crippen molar-refractivity contribution in [2.45, 2.75) is 97.1 Å². The Morgan fingerprint density at radius 2 is 1.07 bits per heavy atom. The lowest BCUT2D eigenvalue weighted by Crippen LogP contribution is -2.46. The van der Waals surface area contributed by atoms with Crippen LogP contribution in [0.1, 0.15) is 88.8 Å². The molecule has 16 nitrogen and oxygen atoms in total. The summed E-state index contributed by atoms with van der Waals surface area (Å²) in [7, 11) is 0. The lowest BCUT2D eigenvalue weighted by molar-refractivity contribution is -0.119. The zero-order valence-electron chi connectivity index (χ0n) is 38.4. The summed E-state index contributed by atoms with van der Waals surface area (Å²) in [5.41, 5.74) is 8.61. The number of piperidine rings is 2. The Bertz CT molecular complexity index is 2670. The number of nitrogens with one attached hydrogen (secondary N) is 3. The van der Waals surface area contributed by atoms with Crippen molar-refractivity contribution >= 4 is 46.3 Å². The first kappa shape index (κ1) is 47.9. The SMILES string of the molecule is CC(C)NC(=O)N1CCC(n2c(C=O)nc3ccc(Oc4ccc(F)cc4)cc32)CC1.CC(C)NC(=O)N1CCC(n2c(CN[C@@H](C)C(N)=O)nc3ccc(Oc4ccc(F)cc4)cc32)CC1. The molecule has 67 heavy (non-hydrogen) atoms. The average Bonchev–Trinajstić information content (AvgIpc) is 3.87. The first-order chi connectivity index (χ1) is 32.1. The molecular weight excluding hydrogens is 863 g/mol. The van der Waals surface area contributed by atoms with E-state index in [0.29, 0.717) is 67.1 Å². The normalized spacial score (nSPS) is 15.1. The van der Waals surface area contributed by atoms with Crippen molar-refractivity contribution in [1.29, 1.82) is 0 Å². The molecule has 0 radical (unpaired) electrons. The summed E-state index contributed by atoms with van der Waals surface area (Å²) in [6, 6.07) is 22.4. The number of ether oxygens (including phenoxy) is 2. The summed E-state index contributed by atoms with van der Waals surface area (Å²) < 4.78 is 42.4. The van der Waals surface area contributed by atoms with E-state index in [-0.39, 0.29) is 47.9 Å². The predicted molar refractivity (Wildman–Crippen MR) is 250 cm³/mol. The maximum atomic E-state index is 13.3. The fourth-order valence-electron chi connectivity index (χ4n) is 8.29. The van der Waals surface area contributed by atoms with Crippen molar-refractivity contribution in [1.82, 2.24) is 44.9 Å². The molecule has 18 heteroatoms. The number of hydrogen-bond acceptors (Lipinski definition) is 9. The molecule has 5 N–H and O–H groups in total. The van der Waals surface area contributed by atoms with Gasteiger partial charge in [-0.05, 0) is 133 Å². The largest absolute Gasteiger partial charge is 0.457 e. The van der Waals surface area contributed by atoms with Crippen LogP contribution in [-0.4, -0.2) is 97.5 Å². The molecule has 0 aliphatic carbocycles. The number of carbonyl (C=O) groups is 4. The van der Waals surface area contributed by atoms with E-state index < -0.39 is 11.9 Å². The van der Waals surface area contributed by atoms with Crippen LogP contribution in [0, 0.1) is 11.6 Å². The van der Waals surface area contributed by atoms with E-state index in [0.717, 1.165) is 54.3 Å². The number of imidazole rings is 2. The number of benzene rings is 4. The quantitative estimate of drug-likeness (QED) is 0.0827. The highest BCUT2D eigenvalue weighted by atomic mass is 19.1. The van der Waals surface area contributed by atoms with Gasteiger partial charge in [0, 0.05) is 62.5 Å². The van der Waals surface area contributed by atoms with Gasteiger partial charge in [-0.15, -0.1) is 0 Å². The number of halogens is 2. The van der Waals surface area contributed by atoms with Crippen LogP contribution in [0.2, 0.25) is 0 Å². The Morgan fingerprint density at radius 3 is 1.51 bits per heavy atom. The van der Waals surface area contributed by atoms with Crippen molar-refractivity contribution in [3.8, 4) is 23.0 Å². The molecule has 4 heterocycles. The van der Waals surface area contributed by atoms with E-state index >= 15 is 0 Å². The number of aldehydes is 1. The summed E-state index contributed by atoms with van der Waals surface area (Å²) in [6.45, 7) is 12.3. The van der Waals surface area contributed by atoms with E-state index in [9.17, 15) is 28.0 Å². The zero-order chi connectivity index (χ0) is 47.8. The Morgan fingerprint density at radius 1 is 0.657 bits per heavy atom. The number of amides is 5. The third-order valence-corrected chi connectivity index (χ3v) is 11.7. The third kappa shape index (κ3) is 12.0. The van der Waals surface area contributed by atoms with E-state index in [1.807, 2.05) is 67.5 Å². The Labute approximate surface area is 387 Å². The highest BCUT2D eigenvalue weighted by Gasteiger charge is 2.29. The third-order valence-electron chi connectivity index (χ3n) is 11.7. The topological polar surface area (TPSA) is 191 Å². The predicted octanol–water partition coefficient (Wildman–Crippen LogP) is 8.22. The molecule has 6 aromatic rings. The number of primary amides is 1. The Kier molecular flexibility index (Phi) is 15.3. The zero-order valence-corrected chi connectivity index (χ0v) is 38.4. The molecule has 2 fully saturated rings. The molecule has 0 bridgehead atoms. The van der Waals surface area contributed by atoms with Gasteiger partial charge >= 0.3 is 12.1 Å². The molecule has 2 aliphatic rings. The maximum Gasteiger partial charge on any atom is 0.317 e. The van der Waals surface area contributed by atoms with Gasteiger partial charge in [0.1, 0.15) is 40.5 Å². The van der Waals surface area contributed by atoms with Gasteiger partial charge in [0.05, 0.1) is 34.7 Å². The van der Waals surface area contributed by atoms with Gasteiger partial charge in [-0.25, -0.2) is 28.3 Å². The summed E-state index contributed by atoms with van der Waals surface area (Å²) in [5.74, 6) is 2.28.